The summed E-state index contributed by atoms with van der Waals surface area (Å²) in [4.78, 5) is 25.5. The molecule has 0 heterocycles. The molecule has 21 heavy (non-hydrogen) atoms. The summed E-state index contributed by atoms with van der Waals surface area (Å²) in [5.41, 5.74) is 1.76. The minimum Gasteiger partial charge on any atom is -0.326 e. The average Bonchev–Trinajstić information content (AvgIpc) is 2.46. The van der Waals surface area contributed by atoms with Gasteiger partial charge in [-0.25, -0.2) is 0 Å². The number of aliphatic imine (C=N–C) groups is 1. The van der Waals surface area contributed by atoms with Gasteiger partial charge in [-0.1, -0.05) is 12.1 Å². The molecule has 1 N–H and O–H groups in total. The van der Waals surface area contributed by atoms with Crippen LogP contribution in [-0.2, 0) is 4.79 Å². The third-order valence-corrected chi connectivity index (χ3v) is 2.67. The van der Waals surface area contributed by atoms with Crippen LogP contribution >= 0.6 is 0 Å². The van der Waals surface area contributed by atoms with Crippen LogP contribution < -0.4 is 5.32 Å². The molecule has 0 atom stereocenters. The van der Waals surface area contributed by atoms with E-state index in [4.69, 9.17) is 0 Å². The van der Waals surface area contributed by atoms with Crippen LogP contribution in [0.1, 0.15) is 12.5 Å². The quantitative estimate of drug-likeness (QED) is 0.530. The van der Waals surface area contributed by atoms with Crippen LogP contribution in [-0.4, -0.2) is 17.0 Å². The fourth-order valence-electron chi connectivity index (χ4n) is 1.74. The number of nitrogens with zero attached hydrogens (tertiary/aromatic N) is 2. The van der Waals surface area contributed by atoms with Crippen molar-refractivity contribution in [2.45, 2.75) is 6.92 Å². The van der Waals surface area contributed by atoms with E-state index in [-0.39, 0.29) is 11.6 Å². The first-order chi connectivity index (χ1) is 10.1. The molecule has 0 radical (unpaired) electrons. The van der Waals surface area contributed by atoms with Crippen LogP contribution in [0, 0.1) is 10.1 Å². The molecule has 0 aromatic heterocycles. The molecule has 0 aliphatic carbocycles. The van der Waals surface area contributed by atoms with E-state index in [1.165, 1.54) is 19.2 Å². The summed E-state index contributed by atoms with van der Waals surface area (Å²) in [5.74, 6) is -0.147. The largest absolute Gasteiger partial charge is 0.326 e. The summed E-state index contributed by atoms with van der Waals surface area (Å²) in [5, 5.41) is 13.5. The Kier molecular flexibility index (Phi) is 4.40. The SMILES string of the molecule is CC(=O)Nc1ccc(N=Cc2ccccc2[N+](=O)[O-])cc1. The summed E-state index contributed by atoms with van der Waals surface area (Å²) >= 11 is 0. The molecule has 2 rings (SSSR count). The number of nitro groups is 1. The summed E-state index contributed by atoms with van der Waals surface area (Å²) < 4.78 is 0. The van der Waals surface area contributed by atoms with Gasteiger partial charge in [-0.15, -0.1) is 0 Å². The van der Waals surface area contributed by atoms with Gasteiger partial charge in [-0.3, -0.25) is 19.9 Å². The molecule has 1 amide bonds. The molecule has 2 aromatic carbocycles. The van der Waals surface area contributed by atoms with E-state index in [0.717, 1.165) is 0 Å². The monoisotopic (exact) mass is 283 g/mol. The van der Waals surface area contributed by atoms with Gasteiger partial charge in [0.05, 0.1) is 16.2 Å². The third-order valence-electron chi connectivity index (χ3n) is 2.67. The number of nitro benzene ring substituents is 1. The minimum absolute atomic E-state index is 0.0103. The van der Waals surface area contributed by atoms with Crippen molar-refractivity contribution in [3.8, 4) is 0 Å². The number of benzene rings is 2. The number of nitrogens with one attached hydrogen (secondary N) is 1. The lowest BCUT2D eigenvalue weighted by molar-refractivity contribution is -0.385. The Balaban J connectivity index is 2.18. The molecule has 0 aliphatic heterocycles. The molecule has 0 aliphatic rings. The highest BCUT2D eigenvalue weighted by Gasteiger charge is 2.09. The third kappa shape index (κ3) is 3.97. The minimum atomic E-state index is -0.443. The van der Waals surface area contributed by atoms with Crippen molar-refractivity contribution >= 4 is 29.2 Å². The van der Waals surface area contributed by atoms with Crippen LogP contribution in [0.15, 0.2) is 53.5 Å². The first kappa shape index (κ1) is 14.4. The lowest BCUT2D eigenvalue weighted by Crippen LogP contribution is -2.04. The molecule has 6 heteroatoms. The van der Waals surface area contributed by atoms with Gasteiger partial charge >= 0.3 is 0 Å². The predicted octanol–water partition coefficient (Wildman–Crippen LogP) is 3.30. The number of rotatable bonds is 4. The Morgan fingerprint density at radius 1 is 1.19 bits per heavy atom. The fraction of sp³-hybridized carbons (Fsp3) is 0.0667. The van der Waals surface area contributed by atoms with E-state index in [9.17, 15) is 14.9 Å². The van der Waals surface area contributed by atoms with Gasteiger partial charge in [0.2, 0.25) is 5.91 Å². The maximum absolute atomic E-state index is 10.9. The van der Waals surface area contributed by atoms with Crippen molar-refractivity contribution in [3.63, 3.8) is 0 Å². The summed E-state index contributed by atoms with van der Waals surface area (Å²) in [6.45, 7) is 1.43. The Hall–Kier alpha value is -3.02. The van der Waals surface area contributed by atoms with Gasteiger partial charge in [-0.05, 0) is 30.3 Å². The van der Waals surface area contributed by atoms with Crippen LogP contribution in [0.5, 0.6) is 0 Å². The van der Waals surface area contributed by atoms with Gasteiger partial charge in [0.25, 0.3) is 5.69 Å². The summed E-state index contributed by atoms with van der Waals surface area (Å²) in [6, 6.07) is 13.3. The van der Waals surface area contributed by atoms with E-state index in [1.807, 2.05) is 0 Å². The van der Waals surface area contributed by atoms with E-state index in [2.05, 4.69) is 10.3 Å². The maximum Gasteiger partial charge on any atom is 0.278 e. The van der Waals surface area contributed by atoms with Gasteiger partial charge in [0.15, 0.2) is 0 Å². The maximum atomic E-state index is 10.9. The van der Waals surface area contributed by atoms with Crippen LogP contribution in [0.3, 0.4) is 0 Å². The smallest absolute Gasteiger partial charge is 0.278 e. The van der Waals surface area contributed by atoms with Crippen molar-refractivity contribution in [2.24, 2.45) is 4.99 Å². The number of hydrogen-bond acceptors (Lipinski definition) is 4. The highest BCUT2D eigenvalue weighted by molar-refractivity contribution is 5.89. The normalized spacial score (nSPS) is 10.5. The molecule has 0 saturated heterocycles. The zero-order valence-corrected chi connectivity index (χ0v) is 11.3. The van der Waals surface area contributed by atoms with Gasteiger partial charge in [-0.2, -0.15) is 0 Å². The molecular formula is C15H13N3O3. The van der Waals surface area contributed by atoms with Crippen molar-refractivity contribution in [1.29, 1.82) is 0 Å². The molecule has 2 aromatic rings. The number of carbonyl (C=O) groups excluding carboxylic acids is 1. The standard InChI is InChI=1S/C15H13N3O3/c1-11(19)17-14-8-6-13(7-9-14)16-10-12-4-2-3-5-15(12)18(20)21/h2-10H,1H3,(H,17,19). The number of anilines is 1. The van der Waals surface area contributed by atoms with Crippen molar-refractivity contribution in [1.82, 2.24) is 0 Å². The van der Waals surface area contributed by atoms with E-state index >= 15 is 0 Å². The summed E-state index contributed by atoms with van der Waals surface area (Å²) in [7, 11) is 0. The Labute approximate surface area is 121 Å². The average molecular weight is 283 g/mol. The molecule has 0 spiro atoms. The second kappa shape index (κ2) is 6.42. The molecular weight excluding hydrogens is 270 g/mol. The second-order valence-corrected chi connectivity index (χ2v) is 4.30. The van der Waals surface area contributed by atoms with Crippen molar-refractivity contribution < 1.29 is 9.72 Å². The van der Waals surface area contributed by atoms with Gasteiger partial charge in [0, 0.05) is 24.9 Å². The van der Waals surface area contributed by atoms with Crippen LogP contribution in [0.25, 0.3) is 0 Å². The van der Waals surface area contributed by atoms with Gasteiger partial charge < -0.3 is 5.32 Å². The topological polar surface area (TPSA) is 84.6 Å². The summed E-state index contributed by atoms with van der Waals surface area (Å²) in [6.07, 6.45) is 1.45. The van der Waals surface area contributed by atoms with Crippen molar-refractivity contribution in [3.05, 3.63) is 64.2 Å². The molecule has 106 valence electrons. The zero-order chi connectivity index (χ0) is 15.2. The highest BCUT2D eigenvalue weighted by atomic mass is 16.6. The van der Waals surface area contributed by atoms with E-state index in [0.29, 0.717) is 16.9 Å². The lowest BCUT2D eigenvalue weighted by atomic mass is 10.2. The Bertz CT molecular complexity index is 694. The predicted molar refractivity (Wildman–Crippen MR) is 81.1 cm³/mol. The van der Waals surface area contributed by atoms with E-state index < -0.39 is 4.92 Å². The number of amides is 1. The number of carbonyl (C=O) groups is 1. The second-order valence-electron chi connectivity index (χ2n) is 4.30. The van der Waals surface area contributed by atoms with Crippen LogP contribution in [0.2, 0.25) is 0 Å². The zero-order valence-electron chi connectivity index (χ0n) is 11.3. The highest BCUT2D eigenvalue weighted by Crippen LogP contribution is 2.19. The van der Waals surface area contributed by atoms with Crippen LogP contribution in [0.4, 0.5) is 17.1 Å². The van der Waals surface area contributed by atoms with Crippen molar-refractivity contribution in [2.75, 3.05) is 5.32 Å². The number of hydrogen-bond donors (Lipinski definition) is 1. The fourth-order valence-corrected chi connectivity index (χ4v) is 1.74. The Morgan fingerprint density at radius 3 is 2.48 bits per heavy atom. The molecule has 0 fully saturated rings. The van der Waals surface area contributed by atoms with E-state index in [1.54, 1.807) is 42.5 Å². The molecule has 0 saturated carbocycles. The van der Waals surface area contributed by atoms with Gasteiger partial charge in [0.1, 0.15) is 0 Å². The first-order valence-corrected chi connectivity index (χ1v) is 6.21. The molecule has 0 unspecified atom stereocenters. The lowest BCUT2D eigenvalue weighted by Gasteiger charge is -2.01. The molecule has 0 bridgehead atoms. The Morgan fingerprint density at radius 2 is 1.86 bits per heavy atom. The molecule has 6 nitrogen and oxygen atoms in total. The number of para-hydroxylation sites is 1. The first-order valence-electron chi connectivity index (χ1n) is 6.21.